The molecule has 2 aromatic heterocycles. The van der Waals surface area contributed by atoms with Crippen molar-refractivity contribution in [1.82, 2.24) is 19.7 Å². The van der Waals surface area contributed by atoms with Gasteiger partial charge in [-0.3, -0.25) is 14.8 Å². The number of hydrogen-bond donors (Lipinski definition) is 2. The molecular weight excluding hydrogens is 442 g/mol. The minimum absolute atomic E-state index is 0.0272. The van der Waals surface area contributed by atoms with Crippen LogP contribution >= 0.6 is 0 Å². The number of aromatic nitrogens is 3. The lowest BCUT2D eigenvalue weighted by molar-refractivity contribution is 0.114. The molecule has 0 bridgehead atoms. The van der Waals surface area contributed by atoms with E-state index in [2.05, 4.69) is 21.1 Å². The molecule has 0 spiro atoms. The Labute approximate surface area is 203 Å². The normalized spacial score (nSPS) is 17.2. The van der Waals surface area contributed by atoms with E-state index in [1.54, 1.807) is 23.9 Å². The van der Waals surface area contributed by atoms with E-state index in [1.807, 2.05) is 25.3 Å². The van der Waals surface area contributed by atoms with Gasteiger partial charge in [0.05, 0.1) is 30.3 Å². The van der Waals surface area contributed by atoms with Crippen molar-refractivity contribution in [3.05, 3.63) is 57.5 Å². The van der Waals surface area contributed by atoms with Crippen molar-refractivity contribution in [2.75, 3.05) is 26.8 Å². The number of nitrogens with zero attached hydrogens (tertiary/aromatic N) is 3. The van der Waals surface area contributed by atoms with Gasteiger partial charge in [0.15, 0.2) is 5.75 Å². The number of fused-ring (bicyclic) bond motifs is 3. The molecule has 0 aliphatic carbocycles. The Balaban J connectivity index is 1.42. The minimum atomic E-state index is -0.203. The van der Waals surface area contributed by atoms with Crippen LogP contribution in [0.25, 0.3) is 21.8 Å². The van der Waals surface area contributed by atoms with E-state index in [0.29, 0.717) is 35.4 Å². The Bertz CT molecular complexity index is 1530. The van der Waals surface area contributed by atoms with Gasteiger partial charge in [0, 0.05) is 22.7 Å². The molecule has 2 fully saturated rings. The summed E-state index contributed by atoms with van der Waals surface area (Å²) >= 11 is 0. The van der Waals surface area contributed by atoms with Gasteiger partial charge in [-0.2, -0.15) is 5.26 Å². The first-order valence-electron chi connectivity index (χ1n) is 12.2. The van der Waals surface area contributed by atoms with Crippen LogP contribution in [0.1, 0.15) is 42.4 Å². The summed E-state index contributed by atoms with van der Waals surface area (Å²) in [5, 5.41) is 14.5. The van der Waals surface area contributed by atoms with Crippen molar-refractivity contribution < 1.29 is 9.47 Å². The number of rotatable bonds is 6. The zero-order chi connectivity index (χ0) is 24.2. The van der Waals surface area contributed by atoms with Gasteiger partial charge < -0.3 is 14.5 Å². The predicted octanol–water partition coefficient (Wildman–Crippen LogP) is 4.06. The number of benzene rings is 2. The quantitative estimate of drug-likeness (QED) is 0.442. The van der Waals surface area contributed by atoms with Gasteiger partial charge in [-0.05, 0) is 75.5 Å². The summed E-state index contributed by atoms with van der Waals surface area (Å²) in [5.74, 6) is 1.12. The third-order valence-electron chi connectivity index (χ3n) is 7.94. The molecule has 2 saturated heterocycles. The SMILES string of the molecule is COc1cc(C)c2[nH]ccc2c1Cn1[nH]c2ccc(C#N)c(OCC34CCCN3CCC4)c2c1=O. The van der Waals surface area contributed by atoms with Crippen molar-refractivity contribution in [2.24, 2.45) is 0 Å². The van der Waals surface area contributed by atoms with E-state index in [1.165, 1.54) is 12.8 Å². The maximum atomic E-state index is 13.7. The van der Waals surface area contributed by atoms with Gasteiger partial charge in [-0.15, -0.1) is 0 Å². The molecule has 8 heteroatoms. The van der Waals surface area contributed by atoms with Gasteiger partial charge in [0.25, 0.3) is 5.56 Å². The van der Waals surface area contributed by atoms with Crippen molar-refractivity contribution >= 4 is 21.8 Å². The summed E-state index contributed by atoms with van der Waals surface area (Å²) in [6.07, 6.45) is 6.43. The Morgan fingerprint density at radius 1 is 1.20 bits per heavy atom. The molecule has 180 valence electrons. The van der Waals surface area contributed by atoms with Gasteiger partial charge in [0.1, 0.15) is 23.8 Å². The van der Waals surface area contributed by atoms with Crippen LogP contribution in [0.3, 0.4) is 0 Å². The smallest absolute Gasteiger partial charge is 0.278 e. The topological polar surface area (TPSA) is 99.1 Å². The van der Waals surface area contributed by atoms with Crippen LogP contribution in [0.15, 0.2) is 35.3 Å². The molecule has 2 aliphatic heterocycles. The lowest BCUT2D eigenvalue weighted by atomic mass is 9.95. The van der Waals surface area contributed by atoms with Crippen LogP contribution in [0.5, 0.6) is 11.5 Å². The number of aryl methyl sites for hydroxylation is 1. The third kappa shape index (κ3) is 3.34. The fraction of sp³-hybridized carbons (Fsp3) is 0.407. The first-order chi connectivity index (χ1) is 17.0. The second kappa shape index (κ2) is 8.21. The van der Waals surface area contributed by atoms with E-state index in [-0.39, 0.29) is 11.1 Å². The largest absolute Gasteiger partial charge is 0.496 e. The fourth-order valence-corrected chi connectivity index (χ4v) is 6.18. The summed E-state index contributed by atoms with van der Waals surface area (Å²) in [5.41, 5.74) is 3.89. The standard InChI is InChI=1S/C27H29N5O3/c1-17-13-22(34-2)20(19-7-10-29-24(17)19)15-32-26(33)23-21(30-32)6-5-18(14-28)25(23)35-16-27-8-3-11-31(27)12-4-9-27/h5-7,10,13,29-30H,3-4,8-9,11-12,15-16H2,1-2H3. The molecule has 0 radical (unpaired) electrons. The predicted molar refractivity (Wildman–Crippen MR) is 134 cm³/mol. The van der Waals surface area contributed by atoms with E-state index < -0.39 is 0 Å². The number of nitrogens with one attached hydrogen (secondary N) is 2. The van der Waals surface area contributed by atoms with Crippen LogP contribution in [0.2, 0.25) is 0 Å². The highest BCUT2D eigenvalue weighted by molar-refractivity contribution is 5.89. The molecule has 0 saturated carbocycles. The van der Waals surface area contributed by atoms with Gasteiger partial charge in [-0.25, -0.2) is 4.68 Å². The highest BCUT2D eigenvalue weighted by Gasteiger charge is 2.45. The second-order valence-electron chi connectivity index (χ2n) is 9.83. The van der Waals surface area contributed by atoms with E-state index in [4.69, 9.17) is 9.47 Å². The number of hydrogen-bond acceptors (Lipinski definition) is 5. The van der Waals surface area contributed by atoms with Crippen LogP contribution in [0, 0.1) is 18.3 Å². The molecule has 6 rings (SSSR count). The summed E-state index contributed by atoms with van der Waals surface area (Å²) in [4.78, 5) is 19.5. The molecule has 2 aromatic carbocycles. The van der Waals surface area contributed by atoms with Crippen LogP contribution < -0.4 is 15.0 Å². The molecule has 4 heterocycles. The number of methoxy groups -OCH3 is 1. The van der Waals surface area contributed by atoms with Crippen LogP contribution in [-0.4, -0.2) is 52.0 Å². The van der Waals surface area contributed by atoms with Gasteiger partial charge in [-0.1, -0.05) is 0 Å². The monoisotopic (exact) mass is 471 g/mol. The third-order valence-corrected chi connectivity index (χ3v) is 7.94. The summed E-state index contributed by atoms with van der Waals surface area (Å²) < 4.78 is 13.6. The lowest BCUT2D eigenvalue weighted by Crippen LogP contribution is -2.43. The number of nitriles is 1. The van der Waals surface area contributed by atoms with Crippen LogP contribution in [0.4, 0.5) is 0 Å². The van der Waals surface area contributed by atoms with Crippen molar-refractivity contribution in [2.45, 2.75) is 44.7 Å². The molecule has 4 aromatic rings. The molecule has 8 nitrogen and oxygen atoms in total. The Morgan fingerprint density at radius 2 is 2.00 bits per heavy atom. The molecule has 0 atom stereocenters. The van der Waals surface area contributed by atoms with Gasteiger partial charge >= 0.3 is 0 Å². The average molecular weight is 472 g/mol. The zero-order valence-electron chi connectivity index (χ0n) is 20.1. The minimum Gasteiger partial charge on any atom is -0.496 e. The molecule has 0 unspecified atom stereocenters. The average Bonchev–Trinajstić information content (AvgIpc) is 3.63. The first-order valence-corrected chi connectivity index (χ1v) is 12.2. The molecule has 35 heavy (non-hydrogen) atoms. The number of H-pyrrole nitrogens is 2. The molecule has 2 aliphatic rings. The summed E-state index contributed by atoms with van der Waals surface area (Å²) in [6, 6.07) is 9.73. The molecule has 0 amide bonds. The van der Waals surface area contributed by atoms with Crippen molar-refractivity contribution in [3.8, 4) is 17.6 Å². The lowest BCUT2D eigenvalue weighted by Gasteiger charge is -2.31. The van der Waals surface area contributed by atoms with Crippen molar-refractivity contribution in [1.29, 1.82) is 5.26 Å². The number of ether oxygens (including phenoxy) is 2. The maximum absolute atomic E-state index is 13.7. The highest BCUT2D eigenvalue weighted by Crippen LogP contribution is 2.40. The molecular formula is C27H29N5O3. The maximum Gasteiger partial charge on any atom is 0.278 e. The Kier molecular flexibility index (Phi) is 5.11. The zero-order valence-corrected chi connectivity index (χ0v) is 20.1. The summed E-state index contributed by atoms with van der Waals surface area (Å²) in [6.45, 7) is 5.04. The van der Waals surface area contributed by atoms with Crippen molar-refractivity contribution in [3.63, 3.8) is 0 Å². The highest BCUT2D eigenvalue weighted by atomic mass is 16.5. The second-order valence-corrected chi connectivity index (χ2v) is 9.83. The Hall–Kier alpha value is -3.70. The number of aromatic amines is 2. The fourth-order valence-electron chi connectivity index (χ4n) is 6.18. The summed E-state index contributed by atoms with van der Waals surface area (Å²) in [7, 11) is 1.64. The Morgan fingerprint density at radius 3 is 2.74 bits per heavy atom. The van der Waals surface area contributed by atoms with Gasteiger partial charge in [0.2, 0.25) is 0 Å². The van der Waals surface area contributed by atoms with E-state index in [0.717, 1.165) is 53.7 Å². The van der Waals surface area contributed by atoms with Crippen LogP contribution in [-0.2, 0) is 6.54 Å². The van der Waals surface area contributed by atoms with E-state index in [9.17, 15) is 10.1 Å². The first kappa shape index (κ1) is 21.8. The molecule has 2 N–H and O–H groups in total. The van der Waals surface area contributed by atoms with E-state index >= 15 is 0 Å².